The van der Waals surface area contributed by atoms with E-state index in [0.717, 1.165) is 36.6 Å². The van der Waals surface area contributed by atoms with Gasteiger partial charge in [-0.2, -0.15) is 0 Å². The number of nitrogens with zero attached hydrogens (tertiary/aromatic N) is 3. The Morgan fingerprint density at radius 1 is 1.36 bits per heavy atom. The Labute approximate surface area is 147 Å². The molecule has 132 valence electrons. The molecule has 1 aromatic carbocycles. The molecule has 1 amide bonds. The van der Waals surface area contributed by atoms with E-state index in [1.54, 1.807) is 13.1 Å². The van der Waals surface area contributed by atoms with Gasteiger partial charge in [-0.1, -0.05) is 12.1 Å². The van der Waals surface area contributed by atoms with Gasteiger partial charge in [0, 0.05) is 31.8 Å². The molecule has 1 aliphatic rings. The number of aliphatic hydroxyl groups excluding tert-OH is 1. The Morgan fingerprint density at radius 3 is 3.04 bits per heavy atom. The van der Waals surface area contributed by atoms with Crippen LogP contribution in [-0.2, 0) is 6.54 Å². The van der Waals surface area contributed by atoms with E-state index in [9.17, 15) is 9.90 Å². The summed E-state index contributed by atoms with van der Waals surface area (Å²) in [5.41, 5.74) is 1.63. The van der Waals surface area contributed by atoms with Crippen molar-refractivity contribution in [2.24, 2.45) is 0 Å². The zero-order valence-electron chi connectivity index (χ0n) is 14.3. The third kappa shape index (κ3) is 4.06. The summed E-state index contributed by atoms with van der Waals surface area (Å²) in [4.78, 5) is 22.4. The first-order valence-corrected chi connectivity index (χ1v) is 8.45. The number of anilines is 2. The molecule has 3 rings (SSSR count). The number of benzene rings is 1. The maximum absolute atomic E-state index is 11.7. The first-order chi connectivity index (χ1) is 12.2. The van der Waals surface area contributed by atoms with Crippen LogP contribution in [0.2, 0.25) is 0 Å². The Morgan fingerprint density at radius 2 is 2.24 bits per heavy atom. The van der Waals surface area contributed by atoms with E-state index in [1.807, 2.05) is 24.3 Å². The maximum atomic E-state index is 11.7. The molecule has 0 bridgehead atoms. The molecule has 1 aromatic heterocycles. The van der Waals surface area contributed by atoms with Crippen molar-refractivity contribution in [3.63, 3.8) is 0 Å². The lowest BCUT2D eigenvalue weighted by Crippen LogP contribution is -2.32. The van der Waals surface area contributed by atoms with E-state index in [1.165, 1.54) is 6.33 Å². The van der Waals surface area contributed by atoms with Crippen LogP contribution < -0.4 is 15.5 Å². The van der Waals surface area contributed by atoms with Crippen LogP contribution in [0, 0.1) is 0 Å². The molecule has 7 heteroatoms. The van der Waals surface area contributed by atoms with Crippen LogP contribution in [0.15, 0.2) is 36.7 Å². The van der Waals surface area contributed by atoms with Gasteiger partial charge in [-0.05, 0) is 30.5 Å². The fourth-order valence-electron chi connectivity index (χ4n) is 3.09. The highest BCUT2D eigenvalue weighted by Crippen LogP contribution is 2.24. The second-order valence-corrected chi connectivity index (χ2v) is 6.07. The fourth-order valence-corrected chi connectivity index (χ4v) is 3.09. The highest BCUT2D eigenvalue weighted by Gasteiger charge is 2.25. The average molecular weight is 341 g/mol. The molecule has 1 atom stereocenters. The monoisotopic (exact) mass is 341 g/mol. The lowest BCUT2D eigenvalue weighted by molar-refractivity contribution is 0.0963. The zero-order valence-corrected chi connectivity index (χ0v) is 14.3. The number of aliphatic hydroxyl groups is 1. The first-order valence-electron chi connectivity index (χ1n) is 8.45. The second-order valence-electron chi connectivity index (χ2n) is 6.07. The lowest BCUT2D eigenvalue weighted by Gasteiger charge is -2.24. The third-order valence-corrected chi connectivity index (χ3v) is 4.42. The van der Waals surface area contributed by atoms with Gasteiger partial charge in [0.1, 0.15) is 18.0 Å². The summed E-state index contributed by atoms with van der Waals surface area (Å²) in [7, 11) is 1.62. The van der Waals surface area contributed by atoms with Gasteiger partial charge in [0.2, 0.25) is 0 Å². The number of carbonyl (C=O) groups excluding carboxylic acids is 1. The molecule has 0 unspecified atom stereocenters. The predicted octanol–water partition coefficient (Wildman–Crippen LogP) is 1.41. The summed E-state index contributed by atoms with van der Waals surface area (Å²) in [6.45, 7) is 1.60. The van der Waals surface area contributed by atoms with Crippen molar-refractivity contribution in [3.05, 3.63) is 47.8 Å². The van der Waals surface area contributed by atoms with Gasteiger partial charge in [0.25, 0.3) is 5.91 Å². The number of hydrogen-bond donors (Lipinski definition) is 3. The molecule has 1 fully saturated rings. The zero-order chi connectivity index (χ0) is 17.6. The standard InChI is InChI=1S/C18H23N5O2/c1-19-18(25)14-5-2-4-13(8-14)10-20-16-9-17(22-12-21-16)23-7-3-6-15(23)11-24/h2,4-5,8-9,12,15,24H,3,6-7,10-11H2,1H3,(H,19,25)(H,20,21,22)/t15-/m0/s1. The van der Waals surface area contributed by atoms with Crippen LogP contribution in [0.4, 0.5) is 11.6 Å². The van der Waals surface area contributed by atoms with Crippen molar-refractivity contribution in [2.45, 2.75) is 25.4 Å². The summed E-state index contributed by atoms with van der Waals surface area (Å²) in [5, 5.41) is 15.4. The molecule has 2 heterocycles. The molecular formula is C18H23N5O2. The van der Waals surface area contributed by atoms with Gasteiger partial charge in [0.05, 0.1) is 12.6 Å². The van der Waals surface area contributed by atoms with Crippen LogP contribution in [0.5, 0.6) is 0 Å². The Kier molecular flexibility index (Phi) is 5.45. The highest BCUT2D eigenvalue weighted by molar-refractivity contribution is 5.94. The minimum atomic E-state index is -0.102. The Balaban J connectivity index is 1.68. The van der Waals surface area contributed by atoms with E-state index in [0.29, 0.717) is 12.1 Å². The largest absolute Gasteiger partial charge is 0.394 e. The van der Waals surface area contributed by atoms with E-state index in [4.69, 9.17) is 0 Å². The predicted molar refractivity (Wildman–Crippen MR) is 96.6 cm³/mol. The first kappa shape index (κ1) is 17.2. The van der Waals surface area contributed by atoms with Crippen molar-refractivity contribution in [1.29, 1.82) is 0 Å². The van der Waals surface area contributed by atoms with Gasteiger partial charge < -0.3 is 20.6 Å². The summed E-state index contributed by atoms with van der Waals surface area (Å²) in [6.07, 6.45) is 3.57. The number of nitrogens with one attached hydrogen (secondary N) is 2. The molecule has 1 aliphatic heterocycles. The minimum absolute atomic E-state index is 0.102. The molecule has 25 heavy (non-hydrogen) atoms. The summed E-state index contributed by atoms with van der Waals surface area (Å²) < 4.78 is 0. The van der Waals surface area contributed by atoms with E-state index in [-0.39, 0.29) is 18.6 Å². The van der Waals surface area contributed by atoms with E-state index >= 15 is 0 Å². The van der Waals surface area contributed by atoms with Gasteiger partial charge in [-0.25, -0.2) is 9.97 Å². The highest BCUT2D eigenvalue weighted by atomic mass is 16.3. The Hall–Kier alpha value is -2.67. The number of aromatic nitrogens is 2. The van der Waals surface area contributed by atoms with Crippen molar-refractivity contribution in [2.75, 3.05) is 30.4 Å². The molecule has 0 aliphatic carbocycles. The summed E-state index contributed by atoms with van der Waals surface area (Å²) in [6, 6.07) is 9.50. The second kappa shape index (κ2) is 7.94. The lowest BCUT2D eigenvalue weighted by atomic mass is 10.1. The average Bonchev–Trinajstić information content (AvgIpc) is 3.15. The van der Waals surface area contributed by atoms with Gasteiger partial charge in [-0.3, -0.25) is 4.79 Å². The van der Waals surface area contributed by atoms with E-state index in [2.05, 4.69) is 25.5 Å². The minimum Gasteiger partial charge on any atom is -0.394 e. The topological polar surface area (TPSA) is 90.4 Å². The Bertz CT molecular complexity index is 737. The fraction of sp³-hybridized carbons (Fsp3) is 0.389. The molecule has 2 aromatic rings. The van der Waals surface area contributed by atoms with Gasteiger partial charge in [-0.15, -0.1) is 0 Å². The maximum Gasteiger partial charge on any atom is 0.251 e. The van der Waals surface area contributed by atoms with Gasteiger partial charge >= 0.3 is 0 Å². The van der Waals surface area contributed by atoms with Gasteiger partial charge in [0.15, 0.2) is 0 Å². The van der Waals surface area contributed by atoms with Crippen LogP contribution in [0.3, 0.4) is 0 Å². The number of rotatable bonds is 6. The molecule has 0 spiro atoms. The molecule has 0 radical (unpaired) electrons. The number of carbonyl (C=O) groups is 1. The number of hydrogen-bond acceptors (Lipinski definition) is 6. The normalized spacial score (nSPS) is 16.7. The molecule has 0 saturated carbocycles. The van der Waals surface area contributed by atoms with Crippen molar-refractivity contribution in [3.8, 4) is 0 Å². The molecule has 7 nitrogen and oxygen atoms in total. The van der Waals surface area contributed by atoms with E-state index < -0.39 is 0 Å². The van der Waals surface area contributed by atoms with Crippen LogP contribution >= 0.6 is 0 Å². The van der Waals surface area contributed by atoms with Crippen LogP contribution in [0.1, 0.15) is 28.8 Å². The smallest absolute Gasteiger partial charge is 0.251 e. The molecular weight excluding hydrogens is 318 g/mol. The SMILES string of the molecule is CNC(=O)c1cccc(CNc2cc(N3CCC[C@H]3CO)ncn2)c1. The summed E-state index contributed by atoms with van der Waals surface area (Å²) >= 11 is 0. The quantitative estimate of drug-likeness (QED) is 0.736. The summed E-state index contributed by atoms with van der Waals surface area (Å²) in [5.74, 6) is 1.45. The van der Waals surface area contributed by atoms with Crippen LogP contribution in [-0.4, -0.2) is 47.2 Å². The van der Waals surface area contributed by atoms with Crippen molar-refractivity contribution < 1.29 is 9.90 Å². The molecule has 3 N–H and O–H groups in total. The van der Waals surface area contributed by atoms with Crippen molar-refractivity contribution in [1.82, 2.24) is 15.3 Å². The number of amides is 1. The third-order valence-electron chi connectivity index (χ3n) is 4.42. The molecule has 1 saturated heterocycles. The van der Waals surface area contributed by atoms with Crippen LogP contribution in [0.25, 0.3) is 0 Å². The van der Waals surface area contributed by atoms with Crippen molar-refractivity contribution >= 4 is 17.5 Å².